The number of morpholine rings is 1. The average Bonchev–Trinajstić information content (AvgIpc) is 2.78. The van der Waals surface area contributed by atoms with Crippen molar-refractivity contribution in [2.75, 3.05) is 24.6 Å². The van der Waals surface area contributed by atoms with Crippen molar-refractivity contribution >= 4 is 28.1 Å². The smallest absolute Gasteiger partial charge is 0.185 e. The molecule has 0 N–H and O–H groups in total. The number of hydrogen-bond donors (Lipinski definition) is 0. The molecule has 0 aromatic carbocycles. The molecule has 1 aliphatic heterocycles. The van der Waals surface area contributed by atoms with Crippen LogP contribution in [0.5, 0.6) is 0 Å². The number of halogens is 1. The van der Waals surface area contributed by atoms with Crippen LogP contribution in [0.1, 0.15) is 19.0 Å². The summed E-state index contributed by atoms with van der Waals surface area (Å²) in [5.74, 6) is 0.498. The van der Waals surface area contributed by atoms with E-state index in [4.69, 9.17) is 16.3 Å². The zero-order valence-corrected chi connectivity index (χ0v) is 10.4. The van der Waals surface area contributed by atoms with E-state index in [-0.39, 0.29) is 0 Å². The summed E-state index contributed by atoms with van der Waals surface area (Å²) in [4.78, 5) is 6.77. The molecule has 2 rings (SSSR count). The van der Waals surface area contributed by atoms with Crippen LogP contribution in [0.25, 0.3) is 0 Å². The van der Waals surface area contributed by atoms with Crippen LogP contribution in [-0.4, -0.2) is 30.8 Å². The van der Waals surface area contributed by atoms with Crippen molar-refractivity contribution < 1.29 is 4.74 Å². The Hall–Kier alpha value is -0.320. The molecule has 1 atom stereocenters. The summed E-state index contributed by atoms with van der Waals surface area (Å²) in [6, 6.07) is 0. The predicted molar refractivity (Wildman–Crippen MR) is 63.9 cm³/mol. The van der Waals surface area contributed by atoms with E-state index in [0.29, 0.717) is 12.0 Å². The lowest BCUT2D eigenvalue weighted by Crippen LogP contribution is -2.42. The molecular weight excluding hydrogens is 232 g/mol. The minimum absolute atomic E-state index is 0.349. The lowest BCUT2D eigenvalue weighted by atomic mass is 10.2. The van der Waals surface area contributed by atoms with Gasteiger partial charge in [0.25, 0.3) is 0 Å². The number of thiazole rings is 1. The van der Waals surface area contributed by atoms with Crippen LogP contribution in [0.4, 0.5) is 5.13 Å². The molecule has 0 saturated carbocycles. The van der Waals surface area contributed by atoms with Crippen LogP contribution >= 0.6 is 22.9 Å². The molecule has 1 fully saturated rings. The Morgan fingerprint density at radius 1 is 1.73 bits per heavy atom. The molecule has 0 bridgehead atoms. The molecule has 1 unspecified atom stereocenters. The Kier molecular flexibility index (Phi) is 3.83. The number of alkyl halides is 1. The van der Waals surface area contributed by atoms with Gasteiger partial charge in [0.05, 0.1) is 24.3 Å². The van der Waals surface area contributed by atoms with Crippen molar-refractivity contribution in [3.05, 3.63) is 11.1 Å². The fourth-order valence-corrected chi connectivity index (χ4v) is 2.73. The molecule has 0 radical (unpaired) electrons. The van der Waals surface area contributed by atoms with Crippen molar-refractivity contribution in [2.45, 2.75) is 25.3 Å². The fourth-order valence-electron chi connectivity index (χ4n) is 1.64. The fraction of sp³-hybridized carbons (Fsp3) is 0.700. The Labute approximate surface area is 99.0 Å². The molecule has 5 heteroatoms. The van der Waals surface area contributed by atoms with E-state index in [1.807, 2.05) is 5.38 Å². The third-order valence-corrected chi connectivity index (χ3v) is 3.77. The maximum atomic E-state index is 5.74. The van der Waals surface area contributed by atoms with Gasteiger partial charge in [0, 0.05) is 18.5 Å². The summed E-state index contributed by atoms with van der Waals surface area (Å²) < 4.78 is 5.62. The van der Waals surface area contributed by atoms with Crippen molar-refractivity contribution in [1.29, 1.82) is 0 Å². The van der Waals surface area contributed by atoms with E-state index in [1.54, 1.807) is 11.3 Å². The van der Waals surface area contributed by atoms with Crippen LogP contribution in [0.2, 0.25) is 0 Å². The highest BCUT2D eigenvalue weighted by Gasteiger charge is 2.21. The highest BCUT2D eigenvalue weighted by molar-refractivity contribution is 7.13. The van der Waals surface area contributed by atoms with Crippen molar-refractivity contribution in [3.8, 4) is 0 Å². The summed E-state index contributed by atoms with van der Waals surface area (Å²) in [5, 5.41) is 3.10. The van der Waals surface area contributed by atoms with Gasteiger partial charge in [0.1, 0.15) is 0 Å². The van der Waals surface area contributed by atoms with Gasteiger partial charge in [-0.2, -0.15) is 0 Å². The SMILES string of the molecule is CCC1CN(c2nc(CCl)cs2)CCO1. The van der Waals surface area contributed by atoms with Crippen LogP contribution in [0.15, 0.2) is 5.38 Å². The first kappa shape index (κ1) is 11.2. The molecule has 1 saturated heterocycles. The largest absolute Gasteiger partial charge is 0.375 e. The second-order valence-corrected chi connectivity index (χ2v) is 4.71. The quantitative estimate of drug-likeness (QED) is 0.767. The zero-order valence-electron chi connectivity index (χ0n) is 8.78. The summed E-state index contributed by atoms with van der Waals surface area (Å²) >= 11 is 7.40. The summed E-state index contributed by atoms with van der Waals surface area (Å²) in [7, 11) is 0. The maximum Gasteiger partial charge on any atom is 0.185 e. The van der Waals surface area contributed by atoms with Gasteiger partial charge in [0.15, 0.2) is 5.13 Å². The highest BCUT2D eigenvalue weighted by atomic mass is 35.5. The molecule has 0 spiro atoms. The normalized spacial score (nSPS) is 22.0. The minimum atomic E-state index is 0.349. The molecule has 15 heavy (non-hydrogen) atoms. The average molecular weight is 247 g/mol. The molecule has 1 aromatic heterocycles. The number of hydrogen-bond acceptors (Lipinski definition) is 4. The van der Waals surface area contributed by atoms with Gasteiger partial charge in [-0.05, 0) is 6.42 Å². The van der Waals surface area contributed by atoms with Gasteiger partial charge < -0.3 is 9.64 Å². The Balaban J connectivity index is 2.03. The van der Waals surface area contributed by atoms with Gasteiger partial charge in [-0.1, -0.05) is 6.92 Å². The van der Waals surface area contributed by atoms with E-state index in [1.165, 1.54) is 0 Å². The number of aromatic nitrogens is 1. The first-order valence-electron chi connectivity index (χ1n) is 5.20. The van der Waals surface area contributed by atoms with Crippen LogP contribution < -0.4 is 4.90 Å². The summed E-state index contributed by atoms with van der Waals surface area (Å²) in [5.41, 5.74) is 0.969. The maximum absolute atomic E-state index is 5.74. The second-order valence-electron chi connectivity index (χ2n) is 3.60. The molecule has 0 amide bonds. The standard InChI is InChI=1S/C10H15ClN2OS/c1-2-9-6-13(3-4-14-9)10-12-8(5-11)7-15-10/h7,9H,2-6H2,1H3. The Bertz CT molecular complexity index is 318. The van der Waals surface area contributed by atoms with Gasteiger partial charge >= 0.3 is 0 Å². The van der Waals surface area contributed by atoms with E-state index >= 15 is 0 Å². The zero-order chi connectivity index (χ0) is 10.7. The molecule has 1 aliphatic rings. The summed E-state index contributed by atoms with van der Waals surface area (Å²) in [6.45, 7) is 4.84. The van der Waals surface area contributed by atoms with Crippen molar-refractivity contribution in [3.63, 3.8) is 0 Å². The van der Waals surface area contributed by atoms with Crippen LogP contribution in [-0.2, 0) is 10.6 Å². The number of ether oxygens (including phenoxy) is 1. The van der Waals surface area contributed by atoms with Crippen molar-refractivity contribution in [2.24, 2.45) is 0 Å². The topological polar surface area (TPSA) is 25.4 Å². The molecule has 2 heterocycles. The molecule has 0 aliphatic carbocycles. The van der Waals surface area contributed by atoms with Gasteiger partial charge in [0.2, 0.25) is 0 Å². The molecular formula is C10H15ClN2OS. The van der Waals surface area contributed by atoms with Gasteiger partial charge in [-0.25, -0.2) is 4.98 Å². The van der Waals surface area contributed by atoms with Gasteiger partial charge in [-0.15, -0.1) is 22.9 Å². The number of anilines is 1. The molecule has 3 nitrogen and oxygen atoms in total. The third kappa shape index (κ3) is 2.62. The molecule has 1 aromatic rings. The van der Waals surface area contributed by atoms with Crippen LogP contribution in [0, 0.1) is 0 Å². The van der Waals surface area contributed by atoms with E-state index in [9.17, 15) is 0 Å². The predicted octanol–water partition coefficient (Wildman–Crippen LogP) is 2.50. The van der Waals surface area contributed by atoms with E-state index < -0.39 is 0 Å². The number of nitrogens with zero attached hydrogens (tertiary/aromatic N) is 2. The Morgan fingerprint density at radius 2 is 2.60 bits per heavy atom. The van der Waals surface area contributed by atoms with E-state index in [0.717, 1.165) is 36.9 Å². The minimum Gasteiger partial charge on any atom is -0.375 e. The summed E-state index contributed by atoms with van der Waals surface area (Å²) in [6.07, 6.45) is 1.41. The van der Waals surface area contributed by atoms with Gasteiger partial charge in [-0.3, -0.25) is 0 Å². The monoisotopic (exact) mass is 246 g/mol. The first-order valence-corrected chi connectivity index (χ1v) is 6.61. The lowest BCUT2D eigenvalue weighted by Gasteiger charge is -2.32. The van der Waals surface area contributed by atoms with Crippen molar-refractivity contribution in [1.82, 2.24) is 4.98 Å². The van der Waals surface area contributed by atoms with E-state index in [2.05, 4.69) is 16.8 Å². The molecule has 84 valence electrons. The third-order valence-electron chi connectivity index (χ3n) is 2.54. The highest BCUT2D eigenvalue weighted by Crippen LogP contribution is 2.23. The lowest BCUT2D eigenvalue weighted by molar-refractivity contribution is 0.0384. The Morgan fingerprint density at radius 3 is 3.27 bits per heavy atom. The van der Waals surface area contributed by atoms with Crippen LogP contribution in [0.3, 0.4) is 0 Å². The number of rotatable bonds is 3. The second kappa shape index (κ2) is 5.14. The first-order chi connectivity index (χ1) is 7.33.